The van der Waals surface area contributed by atoms with Crippen LogP contribution >= 0.6 is 11.3 Å². The van der Waals surface area contributed by atoms with Crippen molar-refractivity contribution in [1.82, 2.24) is 0 Å². The highest BCUT2D eigenvalue weighted by atomic mass is 32.1. The first-order valence-corrected chi connectivity index (χ1v) is 8.84. The molecule has 0 aliphatic carbocycles. The van der Waals surface area contributed by atoms with Gasteiger partial charge in [-0.25, -0.2) is 4.79 Å². The molecule has 0 unspecified atom stereocenters. The SMILES string of the molecule is COc1ccc(NC(=O)ON=CCc2ccc(-c3ccccc3)s2)cc1. The molecular formula is C20H18N2O3S. The molecule has 6 heteroatoms. The molecule has 2 aromatic carbocycles. The topological polar surface area (TPSA) is 59.9 Å². The fourth-order valence-electron chi connectivity index (χ4n) is 2.27. The predicted octanol–water partition coefficient (Wildman–Crippen LogP) is 5.20. The lowest BCUT2D eigenvalue weighted by molar-refractivity contribution is 0.167. The third-order valence-electron chi connectivity index (χ3n) is 3.56. The number of benzene rings is 2. The molecule has 1 N–H and O–H groups in total. The molecule has 1 amide bonds. The highest BCUT2D eigenvalue weighted by molar-refractivity contribution is 7.15. The summed E-state index contributed by atoms with van der Waals surface area (Å²) < 4.78 is 5.06. The molecule has 0 spiro atoms. The molecule has 0 bridgehead atoms. The van der Waals surface area contributed by atoms with Gasteiger partial charge in [0, 0.05) is 28.1 Å². The lowest BCUT2D eigenvalue weighted by Gasteiger charge is -2.03. The molecule has 0 aliphatic heterocycles. The smallest absolute Gasteiger partial charge is 0.437 e. The molecule has 1 heterocycles. The lowest BCUT2D eigenvalue weighted by Crippen LogP contribution is -2.10. The van der Waals surface area contributed by atoms with Gasteiger partial charge in [-0.1, -0.05) is 35.5 Å². The first-order valence-electron chi connectivity index (χ1n) is 8.02. The molecule has 0 radical (unpaired) electrons. The second-order valence-electron chi connectivity index (χ2n) is 5.36. The number of carbonyl (C=O) groups is 1. The van der Waals surface area contributed by atoms with Gasteiger partial charge in [0.15, 0.2) is 0 Å². The summed E-state index contributed by atoms with van der Waals surface area (Å²) >= 11 is 1.69. The van der Waals surface area contributed by atoms with Crippen molar-refractivity contribution in [3.8, 4) is 16.2 Å². The van der Waals surface area contributed by atoms with Crippen molar-refractivity contribution < 1.29 is 14.4 Å². The summed E-state index contributed by atoms with van der Waals surface area (Å²) in [6.45, 7) is 0. The number of carbonyl (C=O) groups excluding carboxylic acids is 1. The second-order valence-corrected chi connectivity index (χ2v) is 6.52. The normalized spacial score (nSPS) is 10.7. The summed E-state index contributed by atoms with van der Waals surface area (Å²) in [6.07, 6.45) is 1.55. The monoisotopic (exact) mass is 366 g/mol. The van der Waals surface area contributed by atoms with Crippen molar-refractivity contribution in [2.24, 2.45) is 5.16 Å². The van der Waals surface area contributed by atoms with Crippen molar-refractivity contribution in [3.63, 3.8) is 0 Å². The minimum Gasteiger partial charge on any atom is -0.497 e. The average Bonchev–Trinajstić information content (AvgIpc) is 3.15. The van der Waals surface area contributed by atoms with Crippen LogP contribution < -0.4 is 10.1 Å². The maximum Gasteiger partial charge on any atom is 0.437 e. The summed E-state index contributed by atoms with van der Waals surface area (Å²) in [4.78, 5) is 18.8. The predicted molar refractivity (Wildman–Crippen MR) is 105 cm³/mol. The van der Waals surface area contributed by atoms with Gasteiger partial charge < -0.3 is 4.74 Å². The Bertz CT molecular complexity index is 874. The average molecular weight is 366 g/mol. The van der Waals surface area contributed by atoms with Gasteiger partial charge in [-0.3, -0.25) is 10.2 Å². The zero-order valence-corrected chi connectivity index (χ0v) is 15.0. The van der Waals surface area contributed by atoms with E-state index in [1.165, 1.54) is 10.4 Å². The van der Waals surface area contributed by atoms with Gasteiger partial charge in [0.2, 0.25) is 0 Å². The first-order chi connectivity index (χ1) is 12.7. The van der Waals surface area contributed by atoms with Crippen molar-refractivity contribution >= 4 is 29.3 Å². The molecular weight excluding hydrogens is 348 g/mol. The lowest BCUT2D eigenvalue weighted by atomic mass is 10.2. The number of nitrogens with one attached hydrogen (secondary N) is 1. The van der Waals surface area contributed by atoms with Gasteiger partial charge in [0.1, 0.15) is 5.75 Å². The van der Waals surface area contributed by atoms with E-state index in [4.69, 9.17) is 9.57 Å². The van der Waals surface area contributed by atoms with Gasteiger partial charge in [-0.15, -0.1) is 11.3 Å². The van der Waals surface area contributed by atoms with E-state index in [9.17, 15) is 4.79 Å². The Kier molecular flexibility index (Phi) is 6.01. The quantitative estimate of drug-likeness (QED) is 0.370. The summed E-state index contributed by atoms with van der Waals surface area (Å²) in [5, 5.41) is 6.31. The molecule has 1 aromatic heterocycles. The number of rotatable bonds is 6. The number of anilines is 1. The van der Waals surface area contributed by atoms with Crippen LogP contribution in [0.3, 0.4) is 0 Å². The molecule has 0 atom stereocenters. The molecule has 0 saturated heterocycles. The third-order valence-corrected chi connectivity index (χ3v) is 4.72. The third kappa shape index (κ3) is 4.94. The zero-order valence-electron chi connectivity index (χ0n) is 14.2. The van der Waals surface area contributed by atoms with Crippen LogP contribution in [0.25, 0.3) is 10.4 Å². The molecule has 132 valence electrons. The van der Waals surface area contributed by atoms with Crippen LogP contribution in [-0.2, 0) is 11.3 Å². The second kappa shape index (κ2) is 8.82. The zero-order chi connectivity index (χ0) is 18.2. The van der Waals surface area contributed by atoms with E-state index in [-0.39, 0.29) is 0 Å². The standard InChI is InChI=1S/C20H18N2O3S/c1-24-17-9-7-16(8-10-17)22-20(23)25-21-14-13-18-11-12-19(26-18)15-5-3-2-4-6-15/h2-12,14H,13H2,1H3,(H,22,23). The molecule has 0 saturated carbocycles. The molecule has 0 aliphatic rings. The van der Waals surface area contributed by atoms with E-state index in [0.29, 0.717) is 17.9 Å². The summed E-state index contributed by atoms with van der Waals surface area (Å²) in [6, 6.07) is 21.3. The number of methoxy groups -OCH3 is 1. The van der Waals surface area contributed by atoms with Gasteiger partial charge in [-0.05, 0) is 42.0 Å². The van der Waals surface area contributed by atoms with Gasteiger partial charge in [-0.2, -0.15) is 0 Å². The Morgan fingerprint density at radius 3 is 2.58 bits per heavy atom. The number of ether oxygens (including phenoxy) is 1. The van der Waals surface area contributed by atoms with E-state index in [1.807, 2.05) is 18.2 Å². The number of thiophene rings is 1. The number of amides is 1. The Morgan fingerprint density at radius 1 is 1.08 bits per heavy atom. The van der Waals surface area contributed by atoms with Gasteiger partial charge in [0.05, 0.1) is 7.11 Å². The summed E-state index contributed by atoms with van der Waals surface area (Å²) in [5.74, 6) is 0.716. The Balaban J connectivity index is 1.46. The fourth-order valence-corrected chi connectivity index (χ4v) is 3.24. The Morgan fingerprint density at radius 2 is 1.85 bits per heavy atom. The summed E-state index contributed by atoms with van der Waals surface area (Å²) in [5.41, 5.74) is 1.80. The van der Waals surface area contributed by atoms with Crippen LogP contribution in [0.15, 0.2) is 71.9 Å². The van der Waals surface area contributed by atoms with Crippen LogP contribution in [0.5, 0.6) is 5.75 Å². The fraction of sp³-hybridized carbons (Fsp3) is 0.100. The van der Waals surface area contributed by atoms with Crippen LogP contribution in [-0.4, -0.2) is 19.4 Å². The molecule has 0 fully saturated rings. The summed E-state index contributed by atoms with van der Waals surface area (Å²) in [7, 11) is 1.59. The molecule has 3 aromatic rings. The van der Waals surface area contributed by atoms with Gasteiger partial charge >= 0.3 is 6.09 Å². The van der Waals surface area contributed by atoms with Crippen molar-refractivity contribution in [3.05, 3.63) is 71.6 Å². The number of hydrogen-bond donors (Lipinski definition) is 1. The number of oxime groups is 1. The molecule has 3 rings (SSSR count). The van der Waals surface area contributed by atoms with Crippen LogP contribution in [0.1, 0.15) is 4.88 Å². The van der Waals surface area contributed by atoms with Crippen molar-refractivity contribution in [1.29, 1.82) is 0 Å². The highest BCUT2D eigenvalue weighted by Crippen LogP contribution is 2.27. The van der Waals surface area contributed by atoms with E-state index in [1.54, 1.807) is 48.9 Å². The molecule has 5 nitrogen and oxygen atoms in total. The van der Waals surface area contributed by atoms with E-state index < -0.39 is 6.09 Å². The Labute approximate surface area is 155 Å². The molecule has 26 heavy (non-hydrogen) atoms. The maximum atomic E-state index is 11.7. The Hall–Kier alpha value is -3.12. The van der Waals surface area contributed by atoms with Crippen LogP contribution in [0, 0.1) is 0 Å². The minimum atomic E-state index is -0.637. The van der Waals surface area contributed by atoms with E-state index >= 15 is 0 Å². The van der Waals surface area contributed by atoms with Crippen molar-refractivity contribution in [2.75, 3.05) is 12.4 Å². The number of nitrogens with zero attached hydrogens (tertiary/aromatic N) is 1. The van der Waals surface area contributed by atoms with E-state index in [0.717, 1.165) is 4.88 Å². The van der Waals surface area contributed by atoms with Crippen molar-refractivity contribution in [2.45, 2.75) is 6.42 Å². The van der Waals surface area contributed by atoms with E-state index in [2.05, 4.69) is 34.7 Å². The first kappa shape index (κ1) is 17.7. The maximum absolute atomic E-state index is 11.7. The van der Waals surface area contributed by atoms with Crippen LogP contribution in [0.4, 0.5) is 10.5 Å². The van der Waals surface area contributed by atoms with Crippen LogP contribution in [0.2, 0.25) is 0 Å². The minimum absolute atomic E-state index is 0.604. The number of hydrogen-bond acceptors (Lipinski definition) is 5. The highest BCUT2D eigenvalue weighted by Gasteiger charge is 2.04. The largest absolute Gasteiger partial charge is 0.497 e. The van der Waals surface area contributed by atoms with Gasteiger partial charge in [0.25, 0.3) is 0 Å².